The van der Waals surface area contributed by atoms with Gasteiger partial charge < -0.3 is 19.4 Å². The van der Waals surface area contributed by atoms with Crippen molar-refractivity contribution in [1.29, 1.82) is 0 Å². The molecule has 176 valence electrons. The van der Waals surface area contributed by atoms with Gasteiger partial charge in [-0.25, -0.2) is 0 Å². The molecule has 34 heavy (non-hydrogen) atoms. The van der Waals surface area contributed by atoms with Crippen LogP contribution in [-0.4, -0.2) is 33.5 Å². The van der Waals surface area contributed by atoms with Gasteiger partial charge in [-0.15, -0.1) is 10.2 Å². The molecule has 0 atom stereocenters. The molecule has 4 rings (SSSR count). The van der Waals surface area contributed by atoms with Gasteiger partial charge in [-0.1, -0.05) is 48.2 Å². The molecule has 1 heterocycles. The van der Waals surface area contributed by atoms with Crippen molar-refractivity contribution in [2.75, 3.05) is 18.2 Å². The van der Waals surface area contributed by atoms with Crippen molar-refractivity contribution < 1.29 is 14.3 Å². The molecule has 4 aromatic rings. The summed E-state index contributed by atoms with van der Waals surface area (Å²) in [5.41, 5.74) is 2.80. The van der Waals surface area contributed by atoms with Crippen molar-refractivity contribution >= 4 is 34.1 Å². The van der Waals surface area contributed by atoms with Crippen molar-refractivity contribution in [2.24, 2.45) is 0 Å². The number of benzene rings is 3. The highest BCUT2D eigenvalue weighted by Gasteiger charge is 2.15. The van der Waals surface area contributed by atoms with Crippen molar-refractivity contribution in [1.82, 2.24) is 14.8 Å². The lowest BCUT2D eigenvalue weighted by atomic mass is 10.0. The lowest BCUT2D eigenvalue weighted by molar-refractivity contribution is -0.113. The minimum atomic E-state index is -0.135. The Labute approximate surface area is 203 Å². The van der Waals surface area contributed by atoms with Crippen LogP contribution in [0.1, 0.15) is 23.9 Å². The first-order valence-electron chi connectivity index (χ1n) is 11.1. The van der Waals surface area contributed by atoms with E-state index in [1.165, 1.54) is 22.5 Å². The number of hydrogen-bond acceptors (Lipinski definition) is 6. The number of aryl methyl sites for hydroxylation is 2. The SMILES string of the molecule is CCn1c(COc2ccc3ccccc3c2C)nnc1SCC(=O)Nc1cc(C)ccc1OC. The number of thioether (sulfide) groups is 1. The van der Waals surface area contributed by atoms with E-state index in [1.54, 1.807) is 7.11 Å². The number of nitrogens with one attached hydrogen (secondary N) is 1. The first kappa shape index (κ1) is 23.6. The predicted octanol–water partition coefficient (Wildman–Crippen LogP) is 5.39. The zero-order chi connectivity index (χ0) is 24.1. The van der Waals surface area contributed by atoms with Crippen LogP contribution in [0.4, 0.5) is 5.69 Å². The number of anilines is 1. The van der Waals surface area contributed by atoms with Gasteiger partial charge in [0.05, 0.1) is 18.6 Å². The van der Waals surface area contributed by atoms with Crippen molar-refractivity contribution in [2.45, 2.75) is 39.1 Å². The Balaban J connectivity index is 1.40. The number of ether oxygens (including phenoxy) is 2. The Morgan fingerprint density at radius 2 is 1.85 bits per heavy atom. The zero-order valence-electron chi connectivity index (χ0n) is 19.8. The third-order valence-corrected chi connectivity index (χ3v) is 6.54. The molecule has 0 radical (unpaired) electrons. The van der Waals surface area contributed by atoms with E-state index in [9.17, 15) is 4.79 Å². The maximum atomic E-state index is 12.6. The summed E-state index contributed by atoms with van der Waals surface area (Å²) in [5, 5.41) is 14.6. The number of methoxy groups -OCH3 is 1. The summed E-state index contributed by atoms with van der Waals surface area (Å²) in [5.74, 6) is 2.25. The van der Waals surface area contributed by atoms with Crippen molar-refractivity contribution in [3.05, 3.63) is 71.5 Å². The number of carbonyl (C=O) groups is 1. The van der Waals surface area contributed by atoms with Gasteiger partial charge in [-0.2, -0.15) is 0 Å². The van der Waals surface area contributed by atoms with Crippen LogP contribution in [0.25, 0.3) is 10.8 Å². The molecule has 0 unspecified atom stereocenters. The van der Waals surface area contributed by atoms with E-state index in [2.05, 4.69) is 40.6 Å². The topological polar surface area (TPSA) is 78.3 Å². The van der Waals surface area contributed by atoms with E-state index in [4.69, 9.17) is 9.47 Å². The summed E-state index contributed by atoms with van der Waals surface area (Å²) < 4.78 is 13.4. The Kier molecular flexibility index (Phi) is 7.37. The quantitative estimate of drug-likeness (QED) is 0.327. The normalized spacial score (nSPS) is 10.9. The number of nitrogens with zero attached hydrogens (tertiary/aromatic N) is 3. The molecular weight excluding hydrogens is 448 g/mol. The predicted molar refractivity (Wildman–Crippen MR) is 136 cm³/mol. The van der Waals surface area contributed by atoms with Gasteiger partial charge in [0.2, 0.25) is 5.91 Å². The van der Waals surface area contributed by atoms with E-state index in [-0.39, 0.29) is 11.7 Å². The molecule has 3 aromatic carbocycles. The van der Waals surface area contributed by atoms with Crippen LogP contribution in [0.15, 0.2) is 59.8 Å². The van der Waals surface area contributed by atoms with E-state index in [1.807, 2.05) is 54.8 Å². The molecule has 0 aliphatic carbocycles. The van der Waals surface area contributed by atoms with Crippen LogP contribution < -0.4 is 14.8 Å². The van der Waals surface area contributed by atoms with Gasteiger partial charge in [-0.3, -0.25) is 4.79 Å². The highest BCUT2D eigenvalue weighted by atomic mass is 32.2. The van der Waals surface area contributed by atoms with Gasteiger partial charge in [0.25, 0.3) is 0 Å². The molecule has 0 fully saturated rings. The Hall–Kier alpha value is -3.52. The summed E-state index contributed by atoms with van der Waals surface area (Å²) in [7, 11) is 1.59. The van der Waals surface area contributed by atoms with E-state index < -0.39 is 0 Å². The first-order chi connectivity index (χ1) is 16.5. The summed E-state index contributed by atoms with van der Waals surface area (Å²) in [6.07, 6.45) is 0. The number of rotatable bonds is 9. The smallest absolute Gasteiger partial charge is 0.234 e. The molecule has 0 aliphatic rings. The number of amides is 1. The second-order valence-corrected chi connectivity index (χ2v) is 8.82. The minimum Gasteiger partial charge on any atom is -0.495 e. The monoisotopic (exact) mass is 476 g/mol. The van der Waals surface area contributed by atoms with Crippen LogP contribution >= 0.6 is 11.8 Å². The Bertz CT molecular complexity index is 1320. The van der Waals surface area contributed by atoms with Gasteiger partial charge in [0.1, 0.15) is 18.1 Å². The number of hydrogen-bond donors (Lipinski definition) is 1. The Morgan fingerprint density at radius 1 is 1.06 bits per heavy atom. The fraction of sp³-hybridized carbons (Fsp3) is 0.269. The van der Waals surface area contributed by atoms with Gasteiger partial charge in [-0.05, 0) is 60.9 Å². The van der Waals surface area contributed by atoms with Crippen LogP contribution in [0.3, 0.4) is 0 Å². The zero-order valence-corrected chi connectivity index (χ0v) is 20.6. The standard InChI is InChI=1S/C26H28N4O3S/c1-5-30-24(15-33-22-13-11-19-8-6-7-9-20(19)18(22)3)28-29-26(30)34-16-25(31)27-21-14-17(2)10-12-23(21)32-4/h6-14H,5,15-16H2,1-4H3,(H,27,31). The van der Waals surface area contributed by atoms with Crippen molar-refractivity contribution in [3.63, 3.8) is 0 Å². The molecule has 7 nitrogen and oxygen atoms in total. The van der Waals surface area contributed by atoms with Crippen LogP contribution in [0, 0.1) is 13.8 Å². The first-order valence-corrected chi connectivity index (χ1v) is 12.1. The molecule has 1 amide bonds. The molecule has 1 aromatic heterocycles. The average molecular weight is 477 g/mol. The number of carbonyl (C=O) groups excluding carboxylic acids is 1. The number of fused-ring (bicyclic) bond motifs is 1. The van der Waals surface area contributed by atoms with Gasteiger partial charge >= 0.3 is 0 Å². The molecule has 0 saturated heterocycles. The second kappa shape index (κ2) is 10.6. The Morgan fingerprint density at radius 3 is 2.65 bits per heavy atom. The lowest BCUT2D eigenvalue weighted by Crippen LogP contribution is -2.15. The minimum absolute atomic E-state index is 0.135. The molecule has 1 N–H and O–H groups in total. The van der Waals surface area contributed by atoms with Crippen LogP contribution in [-0.2, 0) is 17.9 Å². The maximum absolute atomic E-state index is 12.6. The molecule has 0 aliphatic heterocycles. The highest BCUT2D eigenvalue weighted by Crippen LogP contribution is 2.28. The fourth-order valence-electron chi connectivity index (χ4n) is 3.79. The second-order valence-electron chi connectivity index (χ2n) is 7.88. The van der Waals surface area contributed by atoms with Gasteiger partial charge in [0, 0.05) is 6.54 Å². The number of aromatic nitrogens is 3. The lowest BCUT2D eigenvalue weighted by Gasteiger charge is -2.12. The molecular formula is C26H28N4O3S. The van der Waals surface area contributed by atoms with E-state index in [0.29, 0.717) is 29.7 Å². The average Bonchev–Trinajstić information content (AvgIpc) is 3.24. The third kappa shape index (κ3) is 5.17. The highest BCUT2D eigenvalue weighted by molar-refractivity contribution is 7.99. The summed E-state index contributed by atoms with van der Waals surface area (Å²) in [6.45, 7) is 7.03. The fourth-order valence-corrected chi connectivity index (χ4v) is 4.61. The third-order valence-electron chi connectivity index (χ3n) is 5.58. The summed E-state index contributed by atoms with van der Waals surface area (Å²) >= 11 is 1.35. The van der Waals surface area contributed by atoms with Crippen molar-refractivity contribution in [3.8, 4) is 11.5 Å². The summed E-state index contributed by atoms with van der Waals surface area (Å²) in [6, 6.07) is 18.0. The molecule has 0 spiro atoms. The van der Waals surface area contributed by atoms with Gasteiger partial charge in [0.15, 0.2) is 11.0 Å². The van der Waals surface area contributed by atoms with E-state index >= 15 is 0 Å². The largest absolute Gasteiger partial charge is 0.495 e. The maximum Gasteiger partial charge on any atom is 0.234 e. The van der Waals surface area contributed by atoms with E-state index in [0.717, 1.165) is 22.7 Å². The molecule has 8 heteroatoms. The van der Waals surface area contributed by atoms with Crippen LogP contribution in [0.5, 0.6) is 11.5 Å². The summed E-state index contributed by atoms with van der Waals surface area (Å²) in [4.78, 5) is 12.6. The van der Waals surface area contributed by atoms with Crippen LogP contribution in [0.2, 0.25) is 0 Å². The molecule has 0 bridgehead atoms. The molecule has 0 saturated carbocycles.